The first-order valence-electron chi connectivity index (χ1n) is 15.6. The van der Waals surface area contributed by atoms with Crippen molar-refractivity contribution in [1.82, 2.24) is 20.1 Å². The Bertz CT molecular complexity index is 1700. The molecule has 6 rings (SSSR count). The zero-order valence-corrected chi connectivity index (χ0v) is 25.3. The van der Waals surface area contributed by atoms with E-state index in [1.54, 1.807) is 55.6 Å². The monoisotopic (exact) mass is 607 g/mol. The summed E-state index contributed by atoms with van der Waals surface area (Å²) in [5.74, 6) is -0.0243. The van der Waals surface area contributed by atoms with Crippen molar-refractivity contribution in [3.05, 3.63) is 89.8 Å². The molecule has 3 heterocycles. The molecule has 2 aromatic heterocycles. The lowest BCUT2D eigenvalue weighted by atomic mass is 9.85. The number of amides is 2. The van der Waals surface area contributed by atoms with E-state index in [1.165, 1.54) is 25.3 Å². The van der Waals surface area contributed by atoms with E-state index in [9.17, 15) is 14.4 Å². The van der Waals surface area contributed by atoms with Crippen molar-refractivity contribution in [3.8, 4) is 5.82 Å². The molecule has 2 N–H and O–H groups in total. The van der Waals surface area contributed by atoms with Crippen molar-refractivity contribution >= 4 is 40.4 Å². The van der Waals surface area contributed by atoms with E-state index in [0.29, 0.717) is 42.3 Å². The number of nitrogens with zero attached hydrogens (tertiary/aromatic N) is 3. The van der Waals surface area contributed by atoms with E-state index in [2.05, 4.69) is 15.6 Å². The molecule has 0 radical (unpaired) electrons. The second-order valence-corrected chi connectivity index (χ2v) is 11.6. The second kappa shape index (κ2) is 13.4. The van der Waals surface area contributed by atoms with Crippen LogP contribution in [0.2, 0.25) is 0 Å². The molecule has 45 heavy (non-hydrogen) atoms. The van der Waals surface area contributed by atoms with Crippen LogP contribution >= 0.6 is 0 Å². The lowest BCUT2D eigenvalue weighted by Gasteiger charge is -2.27. The van der Waals surface area contributed by atoms with Crippen LogP contribution in [0.15, 0.2) is 72.9 Å². The Labute approximate surface area is 261 Å². The molecule has 1 saturated heterocycles. The predicted octanol–water partition coefficient (Wildman–Crippen LogP) is 5.57. The van der Waals surface area contributed by atoms with Gasteiger partial charge < -0.3 is 20.1 Å². The third-order valence-corrected chi connectivity index (χ3v) is 8.51. The van der Waals surface area contributed by atoms with Gasteiger partial charge >= 0.3 is 5.97 Å². The van der Waals surface area contributed by atoms with Gasteiger partial charge in [-0.1, -0.05) is 43.5 Å². The summed E-state index contributed by atoms with van der Waals surface area (Å²) < 4.78 is 12.4. The van der Waals surface area contributed by atoms with E-state index in [-0.39, 0.29) is 18.4 Å². The summed E-state index contributed by atoms with van der Waals surface area (Å²) in [5, 5.41) is 11.8. The highest BCUT2D eigenvalue weighted by Crippen LogP contribution is 2.37. The SMILES string of the molecule is CCOC(=O)/C=C/c1ccc(NC(=O)[C@@]2(NC(=O)c3ccc4c(C5CCCCC5)n(-c5ccccn5)nc4c3)CCOC2)cc1. The maximum Gasteiger partial charge on any atom is 0.330 e. The highest BCUT2D eigenvalue weighted by atomic mass is 16.5. The number of fused-ring (bicyclic) bond motifs is 1. The molecule has 0 bridgehead atoms. The Morgan fingerprint density at radius 2 is 1.89 bits per heavy atom. The van der Waals surface area contributed by atoms with E-state index in [1.807, 2.05) is 28.9 Å². The molecule has 1 atom stereocenters. The smallest absolute Gasteiger partial charge is 0.330 e. The number of hydrogen-bond acceptors (Lipinski definition) is 7. The van der Waals surface area contributed by atoms with E-state index in [0.717, 1.165) is 35.3 Å². The molecule has 2 aliphatic rings. The van der Waals surface area contributed by atoms with Crippen molar-refractivity contribution < 1.29 is 23.9 Å². The number of esters is 1. The van der Waals surface area contributed by atoms with Crippen molar-refractivity contribution in [2.45, 2.75) is 56.9 Å². The molecule has 0 unspecified atom stereocenters. The van der Waals surface area contributed by atoms with Crippen molar-refractivity contribution in [3.63, 3.8) is 0 Å². The first-order chi connectivity index (χ1) is 22.0. The van der Waals surface area contributed by atoms with Gasteiger partial charge in [0.15, 0.2) is 5.82 Å². The maximum absolute atomic E-state index is 13.6. The van der Waals surface area contributed by atoms with Crippen molar-refractivity contribution in [1.29, 1.82) is 0 Å². The fraction of sp³-hybridized carbons (Fsp3) is 0.343. The number of carbonyl (C=O) groups is 3. The fourth-order valence-electron chi connectivity index (χ4n) is 6.14. The maximum atomic E-state index is 13.6. The summed E-state index contributed by atoms with van der Waals surface area (Å²) in [4.78, 5) is 43.4. The average molecular weight is 608 g/mol. The number of pyridine rings is 1. The fourth-order valence-corrected chi connectivity index (χ4v) is 6.14. The molecule has 1 aliphatic carbocycles. The van der Waals surface area contributed by atoms with Crippen molar-refractivity contribution in [2.24, 2.45) is 0 Å². The van der Waals surface area contributed by atoms with E-state index in [4.69, 9.17) is 14.6 Å². The minimum absolute atomic E-state index is 0.0628. The van der Waals surface area contributed by atoms with Gasteiger partial charge in [-0.15, -0.1) is 0 Å². The van der Waals surface area contributed by atoms with Gasteiger partial charge in [0.05, 0.1) is 24.4 Å². The normalized spacial score (nSPS) is 18.7. The van der Waals surface area contributed by atoms with Crippen LogP contribution in [0, 0.1) is 0 Å². The molecule has 2 fully saturated rings. The van der Waals surface area contributed by atoms with E-state index >= 15 is 0 Å². The lowest BCUT2D eigenvalue weighted by Crippen LogP contribution is -2.57. The van der Waals surface area contributed by atoms with Crippen LogP contribution in [0.1, 0.15) is 73.0 Å². The molecular weight excluding hydrogens is 570 g/mol. The van der Waals surface area contributed by atoms with Gasteiger partial charge in [0.1, 0.15) is 5.54 Å². The molecule has 10 nitrogen and oxygen atoms in total. The zero-order valence-electron chi connectivity index (χ0n) is 25.3. The summed E-state index contributed by atoms with van der Waals surface area (Å²) in [6.07, 6.45) is 10.9. The Morgan fingerprint density at radius 1 is 1.07 bits per heavy atom. The predicted molar refractivity (Wildman–Crippen MR) is 171 cm³/mol. The number of aromatic nitrogens is 3. The highest BCUT2D eigenvalue weighted by molar-refractivity contribution is 6.05. The number of rotatable bonds is 9. The Hall–Kier alpha value is -4.83. The number of anilines is 1. The molecule has 1 saturated carbocycles. The average Bonchev–Trinajstić information content (AvgIpc) is 3.71. The van der Waals surface area contributed by atoms with Gasteiger partial charge in [0.25, 0.3) is 11.8 Å². The molecular formula is C35H37N5O5. The summed E-state index contributed by atoms with van der Waals surface area (Å²) in [6.45, 7) is 2.47. The number of nitrogens with one attached hydrogen (secondary N) is 2. The van der Waals surface area contributed by atoms with Crippen LogP contribution in [-0.2, 0) is 19.1 Å². The topological polar surface area (TPSA) is 124 Å². The quantitative estimate of drug-likeness (QED) is 0.188. The van der Waals surface area contributed by atoms with Crippen LogP contribution < -0.4 is 10.6 Å². The first-order valence-corrected chi connectivity index (χ1v) is 15.6. The van der Waals surface area contributed by atoms with Crippen molar-refractivity contribution in [2.75, 3.05) is 25.1 Å². The van der Waals surface area contributed by atoms with E-state index < -0.39 is 11.5 Å². The first kappa shape index (κ1) is 30.2. The van der Waals surface area contributed by atoms with Gasteiger partial charge in [-0.05, 0) is 67.8 Å². The highest BCUT2D eigenvalue weighted by Gasteiger charge is 2.44. The van der Waals surface area contributed by atoms with Crippen LogP contribution in [0.5, 0.6) is 0 Å². The summed E-state index contributed by atoms with van der Waals surface area (Å²) >= 11 is 0. The third-order valence-electron chi connectivity index (χ3n) is 8.51. The van der Waals surface area contributed by atoms with Crippen LogP contribution in [0.4, 0.5) is 5.69 Å². The largest absolute Gasteiger partial charge is 0.463 e. The summed E-state index contributed by atoms with van der Waals surface area (Å²) in [6, 6.07) is 18.4. The second-order valence-electron chi connectivity index (χ2n) is 11.6. The van der Waals surface area contributed by atoms with Gasteiger partial charge in [-0.2, -0.15) is 5.10 Å². The molecule has 4 aromatic rings. The Morgan fingerprint density at radius 3 is 2.60 bits per heavy atom. The van der Waals surface area contributed by atoms with Crippen LogP contribution in [-0.4, -0.2) is 57.9 Å². The molecule has 1 aliphatic heterocycles. The van der Waals surface area contributed by atoms with Gasteiger partial charge in [0.2, 0.25) is 0 Å². The van der Waals surface area contributed by atoms with Crippen LogP contribution in [0.25, 0.3) is 22.8 Å². The van der Waals surface area contributed by atoms with Gasteiger partial charge in [-0.3, -0.25) is 9.59 Å². The van der Waals surface area contributed by atoms with Crippen LogP contribution in [0.3, 0.4) is 0 Å². The Balaban J connectivity index is 1.21. The standard InChI is InChI=1S/C35H37N5O5/c1-2-45-31(41)18-13-24-11-15-27(16-12-24)37-34(43)35(19-21-44-23-35)38-33(42)26-14-17-28-29(22-26)39-40(30-10-6-7-20-36-30)32(28)25-8-4-3-5-9-25/h6-7,10-18,20,22,25H,2-5,8-9,19,21,23H2,1H3,(H,37,43)(H,38,42)/b18-13+/t35-/m1/s1. The molecule has 0 spiro atoms. The minimum Gasteiger partial charge on any atom is -0.463 e. The summed E-state index contributed by atoms with van der Waals surface area (Å²) in [7, 11) is 0. The number of ether oxygens (including phenoxy) is 2. The Kier molecular flexibility index (Phi) is 9.02. The number of carbonyl (C=O) groups excluding carboxylic acids is 3. The minimum atomic E-state index is -1.23. The summed E-state index contributed by atoms with van der Waals surface area (Å²) in [5.41, 5.74) is 2.38. The number of benzene rings is 2. The molecule has 2 amide bonds. The molecule has 10 heteroatoms. The van der Waals surface area contributed by atoms with Gasteiger partial charge in [0, 0.05) is 47.9 Å². The number of hydrogen-bond donors (Lipinski definition) is 2. The molecule has 2 aromatic carbocycles. The lowest BCUT2D eigenvalue weighted by molar-refractivity contribution is -0.137. The van der Waals surface area contributed by atoms with Gasteiger partial charge in [-0.25, -0.2) is 14.5 Å². The molecule has 232 valence electrons. The third kappa shape index (κ3) is 6.66. The zero-order chi connectivity index (χ0) is 31.2.